The minimum absolute atomic E-state index is 0.155. The summed E-state index contributed by atoms with van der Waals surface area (Å²) < 4.78 is 13.7. The van der Waals surface area contributed by atoms with Crippen LogP contribution in [0, 0.1) is 12.7 Å². The molecule has 2 aromatic rings. The highest BCUT2D eigenvalue weighted by molar-refractivity contribution is 5.94. The Morgan fingerprint density at radius 3 is 3.00 bits per heavy atom. The lowest BCUT2D eigenvalue weighted by Gasteiger charge is -2.26. The van der Waals surface area contributed by atoms with Crippen LogP contribution in [0.3, 0.4) is 0 Å². The molecule has 106 valence electrons. The molecular formula is C17H21FN2. The van der Waals surface area contributed by atoms with Crippen molar-refractivity contribution in [1.29, 1.82) is 0 Å². The number of hydrogen-bond donors (Lipinski definition) is 1. The van der Waals surface area contributed by atoms with E-state index in [-0.39, 0.29) is 5.82 Å². The molecule has 1 aromatic carbocycles. The average Bonchev–Trinajstić information content (AvgIpc) is 2.83. The molecule has 0 spiro atoms. The van der Waals surface area contributed by atoms with Crippen LogP contribution in [0.25, 0.3) is 16.5 Å². The van der Waals surface area contributed by atoms with Crippen LogP contribution in [0.4, 0.5) is 4.39 Å². The van der Waals surface area contributed by atoms with Gasteiger partial charge in [-0.15, -0.1) is 0 Å². The van der Waals surface area contributed by atoms with Crippen molar-refractivity contribution in [3.05, 3.63) is 41.3 Å². The number of H-pyrrole nitrogens is 1. The maximum Gasteiger partial charge on any atom is 0.124 e. The van der Waals surface area contributed by atoms with E-state index in [0.29, 0.717) is 0 Å². The molecule has 0 radical (unpaired) electrons. The van der Waals surface area contributed by atoms with E-state index in [1.54, 1.807) is 12.1 Å². The second kappa shape index (κ2) is 5.41. The summed E-state index contributed by atoms with van der Waals surface area (Å²) >= 11 is 0. The van der Waals surface area contributed by atoms with Crippen LogP contribution in [-0.2, 0) is 0 Å². The number of rotatable bonds is 3. The molecular weight excluding hydrogens is 251 g/mol. The number of hydrogen-bond acceptors (Lipinski definition) is 1. The fourth-order valence-corrected chi connectivity index (χ4v) is 3.14. The minimum atomic E-state index is -0.155. The molecule has 0 atom stereocenters. The van der Waals surface area contributed by atoms with Crippen molar-refractivity contribution in [2.24, 2.45) is 0 Å². The first-order chi connectivity index (χ1) is 9.69. The third kappa shape index (κ3) is 2.38. The smallest absolute Gasteiger partial charge is 0.124 e. The van der Waals surface area contributed by atoms with Crippen LogP contribution < -0.4 is 0 Å². The number of aryl methyl sites for hydroxylation is 1. The van der Waals surface area contributed by atoms with E-state index in [9.17, 15) is 4.39 Å². The monoisotopic (exact) mass is 272 g/mol. The fourth-order valence-electron chi connectivity index (χ4n) is 3.14. The van der Waals surface area contributed by atoms with Gasteiger partial charge >= 0.3 is 0 Å². The molecule has 0 bridgehead atoms. The first-order valence-electron chi connectivity index (χ1n) is 7.38. The van der Waals surface area contributed by atoms with Gasteiger partial charge in [0.25, 0.3) is 0 Å². The number of benzene rings is 1. The van der Waals surface area contributed by atoms with Crippen LogP contribution in [0.1, 0.15) is 30.9 Å². The third-order valence-electron chi connectivity index (χ3n) is 4.07. The minimum Gasteiger partial charge on any atom is -0.360 e. The van der Waals surface area contributed by atoms with Gasteiger partial charge in [-0.05, 0) is 49.6 Å². The topological polar surface area (TPSA) is 19.0 Å². The number of nitrogens with one attached hydrogen (secondary N) is 1. The molecule has 1 aliphatic rings. The number of aromatic nitrogens is 1. The summed E-state index contributed by atoms with van der Waals surface area (Å²) in [6, 6.07) is 3.23. The summed E-state index contributed by atoms with van der Waals surface area (Å²) in [6.45, 7) is 7.39. The van der Waals surface area contributed by atoms with Gasteiger partial charge in [0, 0.05) is 35.8 Å². The number of fused-ring (bicyclic) bond motifs is 1. The number of halogens is 1. The quantitative estimate of drug-likeness (QED) is 0.890. The Morgan fingerprint density at radius 2 is 2.20 bits per heavy atom. The lowest BCUT2D eigenvalue weighted by atomic mass is 9.99. The summed E-state index contributed by atoms with van der Waals surface area (Å²) in [5.74, 6) is -0.155. The summed E-state index contributed by atoms with van der Waals surface area (Å²) in [6.07, 6.45) is 6.58. The van der Waals surface area contributed by atoms with Crippen molar-refractivity contribution in [2.45, 2.75) is 26.7 Å². The van der Waals surface area contributed by atoms with E-state index < -0.39 is 0 Å². The number of nitrogens with zero attached hydrogens (tertiary/aromatic N) is 1. The van der Waals surface area contributed by atoms with Crippen LogP contribution in [-0.4, -0.2) is 29.5 Å². The largest absolute Gasteiger partial charge is 0.360 e. The average molecular weight is 272 g/mol. The Kier molecular flexibility index (Phi) is 3.62. The molecule has 0 saturated heterocycles. The zero-order chi connectivity index (χ0) is 14.1. The van der Waals surface area contributed by atoms with Crippen LogP contribution in [0.15, 0.2) is 24.4 Å². The van der Waals surface area contributed by atoms with Gasteiger partial charge in [-0.2, -0.15) is 0 Å². The van der Waals surface area contributed by atoms with Gasteiger partial charge in [-0.1, -0.05) is 13.0 Å². The Bertz CT molecular complexity index is 654. The van der Waals surface area contributed by atoms with E-state index in [1.165, 1.54) is 12.0 Å². The second-order valence-electron chi connectivity index (χ2n) is 5.64. The third-order valence-corrected chi connectivity index (χ3v) is 4.07. The van der Waals surface area contributed by atoms with E-state index in [2.05, 4.69) is 22.9 Å². The zero-order valence-electron chi connectivity index (χ0n) is 12.2. The van der Waals surface area contributed by atoms with Crippen LogP contribution in [0.5, 0.6) is 0 Å². The van der Waals surface area contributed by atoms with Crippen molar-refractivity contribution in [3.63, 3.8) is 0 Å². The Hall–Kier alpha value is -1.61. The highest BCUT2D eigenvalue weighted by Crippen LogP contribution is 2.30. The summed E-state index contributed by atoms with van der Waals surface area (Å²) in [5.41, 5.74) is 4.49. The van der Waals surface area contributed by atoms with Crippen molar-refractivity contribution in [3.8, 4) is 0 Å². The van der Waals surface area contributed by atoms with Gasteiger partial charge in [-0.25, -0.2) is 4.39 Å². The summed E-state index contributed by atoms with van der Waals surface area (Å²) in [4.78, 5) is 5.77. The molecule has 1 N–H and O–H groups in total. The molecule has 0 fully saturated rings. The van der Waals surface area contributed by atoms with Crippen molar-refractivity contribution < 1.29 is 4.39 Å². The Labute approximate surface area is 119 Å². The molecule has 2 heterocycles. The standard InChI is InChI=1S/C17H21FN2/c1-3-6-20-7-4-5-13(11-20)16-10-19-17-12(2)8-14(18)9-15(16)17/h5,8-10,19H,3-4,6-7,11H2,1-2H3. The van der Waals surface area contributed by atoms with Crippen LogP contribution >= 0.6 is 0 Å². The van der Waals surface area contributed by atoms with E-state index >= 15 is 0 Å². The van der Waals surface area contributed by atoms with Crippen molar-refractivity contribution >= 4 is 16.5 Å². The Morgan fingerprint density at radius 1 is 1.35 bits per heavy atom. The van der Waals surface area contributed by atoms with Crippen LogP contribution in [0.2, 0.25) is 0 Å². The second-order valence-corrected chi connectivity index (χ2v) is 5.64. The molecule has 3 heteroatoms. The summed E-state index contributed by atoms with van der Waals surface area (Å²) in [5, 5.41) is 1.01. The van der Waals surface area contributed by atoms with E-state index in [0.717, 1.165) is 48.1 Å². The highest BCUT2D eigenvalue weighted by atomic mass is 19.1. The van der Waals surface area contributed by atoms with Gasteiger partial charge in [0.2, 0.25) is 0 Å². The van der Waals surface area contributed by atoms with Gasteiger partial charge < -0.3 is 4.98 Å². The maximum absolute atomic E-state index is 13.7. The molecule has 0 amide bonds. The molecule has 0 saturated carbocycles. The van der Waals surface area contributed by atoms with E-state index in [1.807, 2.05) is 13.1 Å². The lowest BCUT2D eigenvalue weighted by molar-refractivity contribution is 0.305. The van der Waals surface area contributed by atoms with Gasteiger partial charge in [-0.3, -0.25) is 4.90 Å². The van der Waals surface area contributed by atoms with E-state index in [4.69, 9.17) is 0 Å². The molecule has 0 aliphatic carbocycles. The van der Waals surface area contributed by atoms with Gasteiger partial charge in [0.15, 0.2) is 0 Å². The Balaban J connectivity index is 2.00. The molecule has 1 aromatic heterocycles. The molecule has 20 heavy (non-hydrogen) atoms. The molecule has 0 unspecified atom stereocenters. The first kappa shape index (κ1) is 13.4. The molecule has 2 nitrogen and oxygen atoms in total. The normalized spacial score (nSPS) is 16.6. The zero-order valence-corrected chi connectivity index (χ0v) is 12.2. The predicted molar refractivity (Wildman–Crippen MR) is 82.3 cm³/mol. The fraction of sp³-hybridized carbons (Fsp3) is 0.412. The SMILES string of the molecule is CCCN1CCC=C(c2c[nH]c3c(C)cc(F)cc23)C1. The highest BCUT2D eigenvalue weighted by Gasteiger charge is 2.17. The molecule has 3 rings (SSSR count). The predicted octanol–water partition coefficient (Wildman–Crippen LogP) is 4.11. The van der Waals surface area contributed by atoms with Gasteiger partial charge in [0.05, 0.1) is 0 Å². The summed E-state index contributed by atoms with van der Waals surface area (Å²) in [7, 11) is 0. The van der Waals surface area contributed by atoms with Gasteiger partial charge in [0.1, 0.15) is 5.82 Å². The first-order valence-corrected chi connectivity index (χ1v) is 7.38. The van der Waals surface area contributed by atoms with Crippen molar-refractivity contribution in [2.75, 3.05) is 19.6 Å². The maximum atomic E-state index is 13.7. The number of aromatic amines is 1. The van der Waals surface area contributed by atoms with Crippen molar-refractivity contribution in [1.82, 2.24) is 9.88 Å². The molecule has 1 aliphatic heterocycles. The lowest BCUT2D eigenvalue weighted by Crippen LogP contribution is -2.30.